The van der Waals surface area contributed by atoms with Crippen molar-refractivity contribution in [2.45, 2.75) is 0 Å². The van der Waals surface area contributed by atoms with Crippen LogP contribution >= 0.6 is 0 Å². The van der Waals surface area contributed by atoms with Gasteiger partial charge in [0.05, 0.1) is 0 Å². The van der Waals surface area contributed by atoms with Crippen molar-refractivity contribution in [1.82, 2.24) is 0 Å². The summed E-state index contributed by atoms with van der Waals surface area (Å²) in [4.78, 5) is 0. The molecule has 0 aliphatic rings. The number of ether oxygens (including phenoxy) is 3. The minimum atomic E-state index is -0.181. The minimum absolute atomic E-state index is 0. The quantitative estimate of drug-likeness (QED) is 0.562. The molecule has 0 unspecified atom stereocenters. The molecule has 0 aliphatic carbocycles. The first-order valence-corrected chi connectivity index (χ1v) is 3.04. The third-order valence-electron chi connectivity index (χ3n) is 0.387. The van der Waals surface area contributed by atoms with Crippen molar-refractivity contribution in [2.24, 2.45) is 0 Å². The van der Waals surface area contributed by atoms with Gasteiger partial charge < -0.3 is 29.5 Å². The molecule has 81 valence electrons. The van der Waals surface area contributed by atoms with Gasteiger partial charge in [-0.2, -0.15) is 0 Å². The summed E-state index contributed by atoms with van der Waals surface area (Å²) >= 11 is 0. The largest absolute Gasteiger partial charge is 0.371 e. The van der Waals surface area contributed by atoms with Crippen molar-refractivity contribution in [3.63, 3.8) is 0 Å². The van der Waals surface area contributed by atoms with E-state index in [2.05, 4.69) is 14.2 Å². The fraction of sp³-hybridized carbons (Fsp3) is 1.00. The van der Waals surface area contributed by atoms with Gasteiger partial charge in [-0.05, 0) is 0 Å². The summed E-state index contributed by atoms with van der Waals surface area (Å²) in [5.41, 5.74) is 0. The molecular formula is C6H18LaO6. The molecule has 0 aromatic rings. The molecule has 0 amide bonds. The van der Waals surface area contributed by atoms with Crippen LogP contribution in [0.5, 0.6) is 0 Å². The molecule has 0 rings (SSSR count). The van der Waals surface area contributed by atoms with E-state index in [0.717, 1.165) is 0 Å². The van der Waals surface area contributed by atoms with Crippen molar-refractivity contribution in [3.05, 3.63) is 0 Å². The van der Waals surface area contributed by atoms with E-state index < -0.39 is 0 Å². The van der Waals surface area contributed by atoms with Gasteiger partial charge in [0.25, 0.3) is 0 Å². The zero-order valence-electron chi connectivity index (χ0n) is 8.27. The van der Waals surface area contributed by atoms with Crippen LogP contribution in [0.2, 0.25) is 0 Å². The number of methoxy groups -OCH3 is 3. The van der Waals surface area contributed by atoms with Gasteiger partial charge in [-0.15, -0.1) is 0 Å². The van der Waals surface area contributed by atoms with Gasteiger partial charge in [0.2, 0.25) is 0 Å². The summed E-state index contributed by atoms with van der Waals surface area (Å²) < 4.78 is 12.3. The Labute approximate surface area is 106 Å². The van der Waals surface area contributed by atoms with E-state index in [9.17, 15) is 0 Å². The molecule has 0 saturated heterocycles. The van der Waals surface area contributed by atoms with Crippen LogP contribution in [-0.2, 0) is 14.2 Å². The second-order valence-corrected chi connectivity index (χ2v) is 1.25. The molecule has 0 aliphatic heterocycles. The monoisotopic (exact) mass is 325 g/mol. The smallest absolute Gasteiger partial charge is 0.143 e. The van der Waals surface area contributed by atoms with E-state index >= 15 is 0 Å². The fourth-order valence-electron chi connectivity index (χ4n) is 0. The Morgan fingerprint density at radius 2 is 0.769 bits per heavy atom. The third kappa shape index (κ3) is 99.4. The first kappa shape index (κ1) is 23.6. The Hall–Kier alpha value is 0.955. The van der Waals surface area contributed by atoms with Gasteiger partial charge in [0.15, 0.2) is 0 Å². The number of hydrogen-bond donors (Lipinski definition) is 3. The molecule has 7 heteroatoms. The summed E-state index contributed by atoms with van der Waals surface area (Å²) in [5.74, 6) is 0. The summed E-state index contributed by atoms with van der Waals surface area (Å²) in [7, 11) is 4.29. The van der Waals surface area contributed by atoms with Crippen LogP contribution < -0.4 is 0 Å². The molecule has 0 bridgehead atoms. The number of aliphatic hydroxyl groups excluding tert-OH is 3. The zero-order chi connectivity index (χ0) is 10.2. The Morgan fingerprint density at radius 3 is 0.769 bits per heavy atom. The first-order valence-electron chi connectivity index (χ1n) is 3.04. The molecule has 13 heavy (non-hydrogen) atoms. The average molecular weight is 325 g/mol. The second kappa shape index (κ2) is 38.3. The molecule has 3 N–H and O–H groups in total. The Morgan fingerprint density at radius 1 is 0.692 bits per heavy atom. The predicted molar refractivity (Wildman–Crippen MR) is 42.3 cm³/mol. The first-order chi connectivity index (χ1) is 5.74. The predicted octanol–water partition coefficient (Wildman–Crippen LogP) is -1.25. The Bertz CT molecular complexity index is 32.6. The van der Waals surface area contributed by atoms with Crippen molar-refractivity contribution >= 4 is 0 Å². The van der Waals surface area contributed by atoms with Crippen LogP contribution in [0.3, 0.4) is 0 Å². The van der Waals surface area contributed by atoms with E-state index in [0.29, 0.717) is 0 Å². The van der Waals surface area contributed by atoms with Crippen LogP contribution in [0.25, 0.3) is 0 Å². The molecule has 0 aromatic heterocycles. The summed E-state index contributed by atoms with van der Waals surface area (Å²) in [6.07, 6.45) is 0. The normalized spacial score (nSPS) is 6.92. The van der Waals surface area contributed by atoms with Crippen LogP contribution in [0.15, 0.2) is 0 Å². The number of rotatable bonds is 3. The number of aliphatic hydroxyl groups is 3. The molecule has 6 nitrogen and oxygen atoms in total. The summed E-state index contributed by atoms with van der Waals surface area (Å²) in [6, 6.07) is 0. The summed E-state index contributed by atoms with van der Waals surface area (Å²) in [6.45, 7) is -0.542. The van der Waals surface area contributed by atoms with Gasteiger partial charge in [0, 0.05) is 56.9 Å². The standard InChI is InChI=1S/3C2H6O2.La/c3*1-4-2-3;/h3*3H,2H2,1H3;. The SMILES string of the molecule is COCO.COCO.COCO.[La]. The Kier molecular flexibility index (Phi) is 69.6. The van der Waals surface area contributed by atoms with Gasteiger partial charge in [0.1, 0.15) is 20.4 Å². The zero-order valence-corrected chi connectivity index (χ0v) is 11.9. The van der Waals surface area contributed by atoms with Crippen molar-refractivity contribution < 1.29 is 65.1 Å². The van der Waals surface area contributed by atoms with Crippen LogP contribution in [0.1, 0.15) is 0 Å². The van der Waals surface area contributed by atoms with E-state index in [-0.39, 0.29) is 56.0 Å². The van der Waals surface area contributed by atoms with E-state index in [1.54, 1.807) is 0 Å². The third-order valence-corrected chi connectivity index (χ3v) is 0.387. The van der Waals surface area contributed by atoms with E-state index in [1.807, 2.05) is 0 Å². The van der Waals surface area contributed by atoms with Gasteiger partial charge >= 0.3 is 0 Å². The van der Waals surface area contributed by atoms with Gasteiger partial charge in [-0.3, -0.25) is 0 Å². The second-order valence-electron chi connectivity index (χ2n) is 1.25. The van der Waals surface area contributed by atoms with Crippen LogP contribution in [-0.4, -0.2) is 57.0 Å². The number of hydrogen-bond acceptors (Lipinski definition) is 6. The molecule has 0 atom stereocenters. The minimum Gasteiger partial charge on any atom is -0.371 e. The van der Waals surface area contributed by atoms with Crippen molar-refractivity contribution in [2.75, 3.05) is 41.7 Å². The van der Waals surface area contributed by atoms with E-state index in [1.165, 1.54) is 21.3 Å². The Balaban J connectivity index is -0.0000000450. The van der Waals surface area contributed by atoms with Crippen molar-refractivity contribution in [3.8, 4) is 0 Å². The van der Waals surface area contributed by atoms with Crippen LogP contribution in [0, 0.1) is 35.6 Å². The molecule has 0 spiro atoms. The summed E-state index contributed by atoms with van der Waals surface area (Å²) in [5, 5.41) is 23.0. The van der Waals surface area contributed by atoms with Crippen molar-refractivity contribution in [1.29, 1.82) is 0 Å². The molecule has 0 saturated carbocycles. The average Bonchev–Trinajstić information content (AvgIpc) is 2.18. The maximum atomic E-state index is 7.65. The molecule has 1 radical (unpaired) electrons. The fourth-order valence-corrected chi connectivity index (χ4v) is 0. The van der Waals surface area contributed by atoms with Crippen LogP contribution in [0.4, 0.5) is 0 Å². The van der Waals surface area contributed by atoms with E-state index in [4.69, 9.17) is 15.3 Å². The van der Waals surface area contributed by atoms with Gasteiger partial charge in [-0.25, -0.2) is 0 Å². The molecule has 0 heterocycles. The maximum Gasteiger partial charge on any atom is 0.143 e. The van der Waals surface area contributed by atoms with Gasteiger partial charge in [-0.1, -0.05) is 0 Å². The molecule has 0 fully saturated rings. The molecular weight excluding hydrogens is 307 g/mol. The molecule has 0 aromatic carbocycles. The maximum absolute atomic E-state index is 7.65. The topological polar surface area (TPSA) is 88.4 Å².